The number of aryl methyl sites for hydroxylation is 1. The number of carbonyl (C=O) groups is 1. The van der Waals surface area contributed by atoms with E-state index in [-0.39, 0.29) is 5.56 Å². The Morgan fingerprint density at radius 2 is 2.00 bits per heavy atom. The van der Waals surface area contributed by atoms with Gasteiger partial charge in [-0.15, -0.1) is 10.2 Å². The maximum absolute atomic E-state index is 12.1. The first-order valence-electron chi connectivity index (χ1n) is 9.02. The second-order valence-corrected chi connectivity index (χ2v) is 6.60. The number of anilines is 1. The fourth-order valence-electron chi connectivity index (χ4n) is 2.91. The van der Waals surface area contributed by atoms with Gasteiger partial charge in [0.1, 0.15) is 12.4 Å². The van der Waals surface area contributed by atoms with Crippen LogP contribution in [0.4, 0.5) is 18.9 Å². The zero-order valence-corrected chi connectivity index (χ0v) is 16.3. The number of hydrogen-bond donors (Lipinski definition) is 2. The number of carboxylic acid groups (broad SMARTS) is 1. The monoisotopic (exact) mass is 440 g/mol. The van der Waals surface area contributed by atoms with Gasteiger partial charge < -0.3 is 25.0 Å². The molecule has 4 rings (SSSR count). The average molecular weight is 440 g/mol. The number of aliphatic carboxylic acids is 1. The van der Waals surface area contributed by atoms with Crippen LogP contribution in [0, 0.1) is 0 Å². The van der Waals surface area contributed by atoms with Crippen molar-refractivity contribution in [2.24, 2.45) is 12.8 Å². The van der Waals surface area contributed by atoms with E-state index in [4.69, 9.17) is 20.4 Å². The largest absolute Gasteiger partial charge is 0.490 e. The van der Waals surface area contributed by atoms with Crippen molar-refractivity contribution < 1.29 is 27.8 Å². The second kappa shape index (κ2) is 8.63. The van der Waals surface area contributed by atoms with Crippen LogP contribution < -0.4 is 20.9 Å². The van der Waals surface area contributed by atoms with Crippen LogP contribution in [0.15, 0.2) is 35.4 Å². The molecule has 166 valence electrons. The van der Waals surface area contributed by atoms with Gasteiger partial charge in [0.2, 0.25) is 5.65 Å². The lowest BCUT2D eigenvalue weighted by molar-refractivity contribution is -0.192. The van der Waals surface area contributed by atoms with E-state index in [1.54, 1.807) is 17.6 Å². The molecule has 0 saturated carbocycles. The third-order valence-electron chi connectivity index (χ3n) is 4.51. The van der Waals surface area contributed by atoms with Gasteiger partial charge >= 0.3 is 12.1 Å². The molecule has 0 saturated heterocycles. The number of nitrogens with two attached hydrogens (primary N) is 1. The predicted octanol–water partition coefficient (Wildman–Crippen LogP) is 0.919. The second-order valence-electron chi connectivity index (χ2n) is 6.60. The van der Waals surface area contributed by atoms with Crippen LogP contribution >= 0.6 is 0 Å². The molecule has 31 heavy (non-hydrogen) atoms. The maximum atomic E-state index is 12.1. The highest BCUT2D eigenvalue weighted by molar-refractivity contribution is 5.73. The molecule has 0 unspecified atom stereocenters. The van der Waals surface area contributed by atoms with Crippen molar-refractivity contribution in [3.8, 4) is 5.75 Å². The first-order chi connectivity index (χ1) is 14.6. The zero-order chi connectivity index (χ0) is 22.8. The Labute approximate surface area is 173 Å². The predicted molar refractivity (Wildman–Crippen MR) is 103 cm³/mol. The Bertz CT molecular complexity index is 1160. The summed E-state index contributed by atoms with van der Waals surface area (Å²) in [6.07, 6.45) is -1.56. The van der Waals surface area contributed by atoms with Crippen molar-refractivity contribution in [1.82, 2.24) is 19.2 Å². The third-order valence-corrected chi connectivity index (χ3v) is 4.51. The van der Waals surface area contributed by atoms with E-state index >= 15 is 0 Å². The molecule has 0 atom stereocenters. The standard InChI is InChI=1S/C16H18N6O2.C2HF3O2/c1-20-4-5-22-14(18-19-15(22)16(20)23)10-21-6-7-24-13-8-11(9-17)2-3-12(13)21;3-2(4,5)1(6)7/h2-5,8H,6-7,9-10,17H2,1H3;(H,6,7). The number of alkyl halides is 3. The smallest absolute Gasteiger partial charge is 0.490 e. The van der Waals surface area contributed by atoms with Gasteiger partial charge in [0.25, 0.3) is 5.56 Å². The summed E-state index contributed by atoms with van der Waals surface area (Å²) in [5.41, 5.74) is 7.90. The Hall–Kier alpha value is -3.61. The number of aromatic nitrogens is 4. The molecule has 10 nitrogen and oxygen atoms in total. The van der Waals surface area contributed by atoms with Gasteiger partial charge in [-0.05, 0) is 17.7 Å². The lowest BCUT2D eigenvalue weighted by Crippen LogP contribution is -2.33. The molecule has 3 aromatic rings. The summed E-state index contributed by atoms with van der Waals surface area (Å²) in [4.78, 5) is 23.2. The molecular formula is C18H19F3N6O4. The van der Waals surface area contributed by atoms with Gasteiger partial charge in [-0.2, -0.15) is 13.2 Å². The van der Waals surface area contributed by atoms with Crippen LogP contribution in [-0.4, -0.2) is 49.6 Å². The Morgan fingerprint density at radius 3 is 2.65 bits per heavy atom. The summed E-state index contributed by atoms with van der Waals surface area (Å²) in [5.74, 6) is -1.21. The molecule has 1 aromatic carbocycles. The number of carboxylic acids is 1. The number of hydrogen-bond acceptors (Lipinski definition) is 7. The van der Waals surface area contributed by atoms with Crippen LogP contribution in [0.25, 0.3) is 5.65 Å². The van der Waals surface area contributed by atoms with Crippen molar-refractivity contribution in [1.29, 1.82) is 0 Å². The Balaban J connectivity index is 0.000000339. The molecular weight excluding hydrogens is 421 g/mol. The zero-order valence-electron chi connectivity index (χ0n) is 16.3. The molecule has 0 fully saturated rings. The van der Waals surface area contributed by atoms with E-state index in [0.717, 1.165) is 29.4 Å². The van der Waals surface area contributed by atoms with Crippen molar-refractivity contribution in [3.05, 3.63) is 52.3 Å². The van der Waals surface area contributed by atoms with Crippen LogP contribution in [0.5, 0.6) is 5.75 Å². The molecule has 1 aliphatic rings. The minimum Gasteiger partial charge on any atom is -0.490 e. The highest BCUT2D eigenvalue weighted by atomic mass is 19.4. The molecule has 1 aliphatic heterocycles. The van der Waals surface area contributed by atoms with Gasteiger partial charge in [0.15, 0.2) is 5.82 Å². The van der Waals surface area contributed by atoms with Crippen LogP contribution in [-0.2, 0) is 24.9 Å². The summed E-state index contributed by atoms with van der Waals surface area (Å²) in [5, 5.41) is 15.4. The Kier molecular flexibility index (Phi) is 6.15. The SMILES string of the molecule is Cn1ccn2c(CN3CCOc4cc(CN)ccc43)nnc2c1=O.O=C(O)C(F)(F)F. The Morgan fingerprint density at radius 1 is 1.29 bits per heavy atom. The number of benzene rings is 1. The summed E-state index contributed by atoms with van der Waals surface area (Å²) in [6.45, 7) is 2.37. The summed E-state index contributed by atoms with van der Waals surface area (Å²) in [6, 6.07) is 5.98. The van der Waals surface area contributed by atoms with E-state index in [0.29, 0.717) is 25.3 Å². The molecule has 0 radical (unpaired) electrons. The van der Waals surface area contributed by atoms with Crippen LogP contribution in [0.2, 0.25) is 0 Å². The van der Waals surface area contributed by atoms with Crippen molar-refractivity contribution in [3.63, 3.8) is 0 Å². The van der Waals surface area contributed by atoms with E-state index < -0.39 is 12.1 Å². The van der Waals surface area contributed by atoms with Gasteiger partial charge in [-0.1, -0.05) is 6.07 Å². The molecule has 0 aliphatic carbocycles. The first-order valence-corrected chi connectivity index (χ1v) is 9.02. The number of nitrogens with zero attached hydrogens (tertiary/aromatic N) is 5. The third kappa shape index (κ3) is 4.77. The fourth-order valence-corrected chi connectivity index (χ4v) is 2.91. The minimum atomic E-state index is -5.08. The van der Waals surface area contributed by atoms with Crippen LogP contribution in [0.3, 0.4) is 0 Å². The minimum absolute atomic E-state index is 0.161. The number of halogens is 3. The highest BCUT2D eigenvalue weighted by Crippen LogP contribution is 2.33. The normalized spacial score (nSPS) is 13.3. The molecule has 3 N–H and O–H groups in total. The lowest BCUT2D eigenvalue weighted by Gasteiger charge is -2.31. The number of fused-ring (bicyclic) bond motifs is 2. The number of rotatable bonds is 3. The molecule has 0 bridgehead atoms. The van der Waals surface area contributed by atoms with E-state index in [1.165, 1.54) is 4.57 Å². The average Bonchev–Trinajstić information content (AvgIpc) is 3.13. The summed E-state index contributed by atoms with van der Waals surface area (Å²) >= 11 is 0. The van der Waals surface area contributed by atoms with Gasteiger partial charge in [-0.25, -0.2) is 4.79 Å². The van der Waals surface area contributed by atoms with E-state index in [9.17, 15) is 18.0 Å². The molecule has 0 amide bonds. The summed E-state index contributed by atoms with van der Waals surface area (Å²) in [7, 11) is 1.70. The molecule has 2 aromatic heterocycles. The lowest BCUT2D eigenvalue weighted by atomic mass is 10.1. The highest BCUT2D eigenvalue weighted by Gasteiger charge is 2.38. The van der Waals surface area contributed by atoms with Crippen molar-refractivity contribution >= 4 is 17.3 Å². The van der Waals surface area contributed by atoms with E-state index in [2.05, 4.69) is 15.1 Å². The fraction of sp³-hybridized carbons (Fsp3) is 0.333. The molecule has 0 spiro atoms. The van der Waals surface area contributed by atoms with Gasteiger partial charge in [-0.3, -0.25) is 9.20 Å². The first kappa shape index (κ1) is 22.1. The molecule has 3 heterocycles. The van der Waals surface area contributed by atoms with E-state index in [1.807, 2.05) is 24.4 Å². The number of ether oxygens (including phenoxy) is 1. The van der Waals surface area contributed by atoms with Crippen LogP contribution in [0.1, 0.15) is 11.4 Å². The van der Waals surface area contributed by atoms with Gasteiger partial charge in [0, 0.05) is 26.0 Å². The summed E-state index contributed by atoms with van der Waals surface area (Å²) < 4.78 is 40.7. The topological polar surface area (TPSA) is 128 Å². The van der Waals surface area contributed by atoms with Crippen molar-refractivity contribution in [2.75, 3.05) is 18.1 Å². The van der Waals surface area contributed by atoms with Crippen molar-refractivity contribution in [2.45, 2.75) is 19.3 Å². The molecule has 13 heteroatoms. The quantitative estimate of drug-likeness (QED) is 0.616. The maximum Gasteiger partial charge on any atom is 0.490 e. The van der Waals surface area contributed by atoms with Gasteiger partial charge in [0.05, 0.1) is 18.8 Å².